The van der Waals surface area contributed by atoms with Crippen LogP contribution in [0.25, 0.3) is 11.2 Å². The molecule has 1 aliphatic heterocycles. The van der Waals surface area contributed by atoms with Crippen molar-refractivity contribution in [3.05, 3.63) is 40.7 Å². The summed E-state index contributed by atoms with van der Waals surface area (Å²) in [4.78, 5) is 27.6. The van der Waals surface area contributed by atoms with Crippen LogP contribution in [0.15, 0.2) is 24.4 Å². The highest BCUT2D eigenvalue weighted by molar-refractivity contribution is 7.15. The number of carbonyl (C=O) groups excluding carboxylic acids is 1. The highest BCUT2D eigenvalue weighted by Crippen LogP contribution is 2.31. The van der Waals surface area contributed by atoms with Crippen molar-refractivity contribution in [1.82, 2.24) is 19.9 Å². The van der Waals surface area contributed by atoms with Crippen molar-refractivity contribution >= 4 is 28.4 Å². The first-order chi connectivity index (χ1) is 12.1. The van der Waals surface area contributed by atoms with Crippen molar-refractivity contribution in [3.63, 3.8) is 0 Å². The number of aromatic nitrogens is 3. The van der Waals surface area contributed by atoms with E-state index in [-0.39, 0.29) is 5.91 Å². The molecule has 3 aromatic rings. The van der Waals surface area contributed by atoms with Crippen LogP contribution < -0.4 is 4.74 Å². The van der Waals surface area contributed by atoms with Crippen LogP contribution in [0.2, 0.25) is 0 Å². The predicted molar refractivity (Wildman–Crippen MR) is 97.4 cm³/mol. The molecule has 0 unspecified atom stereocenters. The number of methoxy groups -OCH3 is 1. The van der Waals surface area contributed by atoms with Gasteiger partial charge in [0.25, 0.3) is 5.91 Å². The maximum absolute atomic E-state index is 12.6. The van der Waals surface area contributed by atoms with E-state index in [2.05, 4.69) is 21.0 Å². The van der Waals surface area contributed by atoms with Gasteiger partial charge in [0.05, 0.1) is 17.7 Å². The Morgan fingerprint density at radius 2 is 2.16 bits per heavy atom. The lowest BCUT2D eigenvalue weighted by Crippen LogP contribution is -2.37. The summed E-state index contributed by atoms with van der Waals surface area (Å²) in [6.45, 7) is 3.47. The number of aryl methyl sites for hydroxylation is 1. The fourth-order valence-electron chi connectivity index (χ4n) is 3.32. The van der Waals surface area contributed by atoms with Crippen LogP contribution in [0.3, 0.4) is 0 Å². The summed E-state index contributed by atoms with van der Waals surface area (Å²) in [5.74, 6) is 0.514. The number of fused-ring (bicyclic) bond motifs is 1. The van der Waals surface area contributed by atoms with Crippen LogP contribution in [0.4, 0.5) is 0 Å². The molecule has 0 atom stereocenters. The first-order valence-corrected chi connectivity index (χ1v) is 9.21. The standard InChI is InChI=1S/C18H20N4O2S/c1-11-10-19-14-9-13(21-17(14)20-11)12-5-7-22(8-6-12)18(23)15-3-4-16(24-2)25-15/h3-4,9-10,12H,5-8H2,1-2H3,(H,20,21). The number of thiophene rings is 1. The second-order valence-corrected chi connectivity index (χ2v) is 7.41. The van der Waals surface area contributed by atoms with Gasteiger partial charge < -0.3 is 14.6 Å². The molecule has 1 N–H and O–H groups in total. The van der Waals surface area contributed by atoms with Crippen LogP contribution in [0.5, 0.6) is 5.06 Å². The van der Waals surface area contributed by atoms with Crippen molar-refractivity contribution in [2.45, 2.75) is 25.7 Å². The lowest BCUT2D eigenvalue weighted by Gasteiger charge is -2.31. The summed E-state index contributed by atoms with van der Waals surface area (Å²) in [7, 11) is 1.62. The molecule has 4 rings (SSSR count). The normalized spacial score (nSPS) is 15.7. The number of nitrogens with zero attached hydrogens (tertiary/aromatic N) is 3. The Balaban J connectivity index is 1.44. The minimum atomic E-state index is 0.0994. The number of hydrogen-bond donors (Lipinski definition) is 1. The fourth-order valence-corrected chi connectivity index (χ4v) is 4.11. The Labute approximate surface area is 149 Å². The topological polar surface area (TPSA) is 71.1 Å². The van der Waals surface area contributed by atoms with Crippen LogP contribution in [-0.4, -0.2) is 46.0 Å². The third-order valence-electron chi connectivity index (χ3n) is 4.69. The molecule has 0 aliphatic carbocycles. The Bertz CT molecular complexity index is 909. The van der Waals surface area contributed by atoms with Gasteiger partial charge in [0, 0.05) is 30.9 Å². The first-order valence-electron chi connectivity index (χ1n) is 8.39. The second kappa shape index (κ2) is 6.48. The molecule has 0 spiro atoms. The maximum Gasteiger partial charge on any atom is 0.264 e. The van der Waals surface area contributed by atoms with E-state index in [0.717, 1.165) is 52.7 Å². The van der Waals surface area contributed by atoms with Gasteiger partial charge in [-0.1, -0.05) is 11.3 Å². The fraction of sp³-hybridized carbons (Fsp3) is 0.389. The van der Waals surface area contributed by atoms with Crippen molar-refractivity contribution < 1.29 is 9.53 Å². The number of hydrogen-bond acceptors (Lipinski definition) is 5. The zero-order valence-electron chi connectivity index (χ0n) is 14.3. The SMILES string of the molecule is COc1ccc(C(=O)N2CCC(c3cc4ncc(C)nc4[nH]3)CC2)s1. The largest absolute Gasteiger partial charge is 0.487 e. The van der Waals surface area contributed by atoms with Crippen molar-refractivity contribution in [1.29, 1.82) is 0 Å². The molecule has 1 aliphatic rings. The third kappa shape index (κ3) is 3.11. The van der Waals surface area contributed by atoms with E-state index in [1.165, 1.54) is 17.0 Å². The van der Waals surface area contributed by atoms with E-state index in [1.807, 2.05) is 24.0 Å². The van der Waals surface area contributed by atoms with E-state index in [1.54, 1.807) is 13.3 Å². The lowest BCUT2D eigenvalue weighted by molar-refractivity contribution is 0.0717. The van der Waals surface area contributed by atoms with Crippen LogP contribution in [0, 0.1) is 6.92 Å². The lowest BCUT2D eigenvalue weighted by atomic mass is 9.93. The zero-order valence-corrected chi connectivity index (χ0v) is 15.1. The highest BCUT2D eigenvalue weighted by atomic mass is 32.1. The van der Waals surface area contributed by atoms with Crippen LogP contribution in [0.1, 0.15) is 39.8 Å². The average molecular weight is 356 g/mol. The Morgan fingerprint density at radius 1 is 1.36 bits per heavy atom. The molecule has 0 radical (unpaired) electrons. The molecule has 7 heteroatoms. The quantitative estimate of drug-likeness (QED) is 0.781. The number of likely N-dealkylation sites (tertiary alicyclic amines) is 1. The molecule has 130 valence electrons. The van der Waals surface area contributed by atoms with E-state index >= 15 is 0 Å². The van der Waals surface area contributed by atoms with Crippen molar-refractivity contribution in [2.24, 2.45) is 0 Å². The first kappa shape index (κ1) is 16.1. The highest BCUT2D eigenvalue weighted by Gasteiger charge is 2.26. The molecule has 0 bridgehead atoms. The Hall–Kier alpha value is -2.41. The summed E-state index contributed by atoms with van der Waals surface area (Å²) in [6.07, 6.45) is 3.68. The van der Waals surface area contributed by atoms with Gasteiger partial charge >= 0.3 is 0 Å². The number of nitrogens with one attached hydrogen (secondary N) is 1. The van der Waals surface area contributed by atoms with Gasteiger partial charge in [-0.05, 0) is 38.0 Å². The molecule has 4 heterocycles. The number of aromatic amines is 1. The Morgan fingerprint density at radius 3 is 2.88 bits per heavy atom. The molecular formula is C18H20N4O2S. The smallest absolute Gasteiger partial charge is 0.264 e. The zero-order chi connectivity index (χ0) is 17.4. The van der Waals surface area contributed by atoms with Crippen LogP contribution in [-0.2, 0) is 0 Å². The summed E-state index contributed by atoms with van der Waals surface area (Å²) >= 11 is 1.40. The van der Waals surface area contributed by atoms with Gasteiger partial charge in [-0.2, -0.15) is 0 Å². The number of amides is 1. The van der Waals surface area contributed by atoms with Crippen molar-refractivity contribution in [3.8, 4) is 5.06 Å². The Kier molecular flexibility index (Phi) is 4.17. The molecule has 3 aromatic heterocycles. The number of rotatable bonds is 3. The molecule has 1 fully saturated rings. The van der Waals surface area contributed by atoms with Gasteiger partial charge in [0.15, 0.2) is 10.7 Å². The van der Waals surface area contributed by atoms with Crippen LogP contribution >= 0.6 is 11.3 Å². The van der Waals surface area contributed by atoms with E-state index in [4.69, 9.17) is 4.74 Å². The molecular weight excluding hydrogens is 336 g/mol. The summed E-state index contributed by atoms with van der Waals surface area (Å²) in [6, 6.07) is 5.78. The molecule has 25 heavy (non-hydrogen) atoms. The predicted octanol–water partition coefficient (Wildman–Crippen LogP) is 3.36. The average Bonchev–Trinajstić information content (AvgIpc) is 3.27. The number of ether oxygens (including phenoxy) is 1. The summed E-state index contributed by atoms with van der Waals surface area (Å²) in [5.41, 5.74) is 3.84. The monoisotopic (exact) mass is 356 g/mol. The van der Waals surface area contributed by atoms with E-state index < -0.39 is 0 Å². The molecule has 6 nitrogen and oxygen atoms in total. The molecule has 0 saturated carbocycles. The van der Waals surface area contributed by atoms with Gasteiger partial charge in [0.1, 0.15) is 5.52 Å². The number of piperidine rings is 1. The number of H-pyrrole nitrogens is 1. The minimum absolute atomic E-state index is 0.0994. The summed E-state index contributed by atoms with van der Waals surface area (Å²) < 4.78 is 5.18. The summed E-state index contributed by atoms with van der Waals surface area (Å²) in [5, 5.41) is 0.770. The maximum atomic E-state index is 12.6. The molecule has 0 aromatic carbocycles. The van der Waals surface area contributed by atoms with E-state index in [0.29, 0.717) is 5.92 Å². The molecule has 1 saturated heterocycles. The van der Waals surface area contributed by atoms with Crippen molar-refractivity contribution in [2.75, 3.05) is 20.2 Å². The van der Waals surface area contributed by atoms with Gasteiger partial charge in [-0.3, -0.25) is 9.78 Å². The number of carbonyl (C=O) groups is 1. The minimum Gasteiger partial charge on any atom is -0.487 e. The van der Waals surface area contributed by atoms with Gasteiger partial charge in [-0.25, -0.2) is 4.98 Å². The second-order valence-electron chi connectivity index (χ2n) is 6.36. The van der Waals surface area contributed by atoms with Gasteiger partial charge in [-0.15, -0.1) is 0 Å². The van der Waals surface area contributed by atoms with Gasteiger partial charge in [0.2, 0.25) is 0 Å². The van der Waals surface area contributed by atoms with E-state index in [9.17, 15) is 4.79 Å². The molecule has 1 amide bonds. The third-order valence-corrected chi connectivity index (χ3v) is 5.73.